The van der Waals surface area contributed by atoms with Crippen molar-refractivity contribution in [2.24, 2.45) is 11.8 Å². The molecule has 2 N–H and O–H groups in total. The van der Waals surface area contributed by atoms with Gasteiger partial charge in [-0.25, -0.2) is 9.59 Å². The van der Waals surface area contributed by atoms with Crippen LogP contribution in [-0.4, -0.2) is 72.0 Å². The molecule has 0 spiro atoms. The molecule has 0 heterocycles. The van der Waals surface area contributed by atoms with Crippen molar-refractivity contribution < 1.29 is 38.7 Å². The molecule has 0 aromatic rings. The summed E-state index contributed by atoms with van der Waals surface area (Å²) >= 11 is 0. The third-order valence-corrected chi connectivity index (χ3v) is 5.88. The zero-order chi connectivity index (χ0) is 25.7. The number of carbonyl (C=O) groups excluding carboxylic acids is 2. The van der Waals surface area contributed by atoms with E-state index in [1.54, 1.807) is 0 Å². The first-order valence-corrected chi connectivity index (χ1v) is 12.3. The monoisotopic (exact) mass is 484 g/mol. The Morgan fingerprint density at radius 1 is 0.765 bits per heavy atom. The van der Waals surface area contributed by atoms with Crippen LogP contribution >= 0.6 is 0 Å². The highest BCUT2D eigenvalue weighted by atomic mass is 16.5. The summed E-state index contributed by atoms with van der Waals surface area (Å²) in [5.41, 5.74) is 0. The van der Waals surface area contributed by atoms with E-state index in [2.05, 4.69) is 13.2 Å². The number of aliphatic hydroxyl groups is 2. The van der Waals surface area contributed by atoms with Crippen LogP contribution in [0.4, 0.5) is 0 Å². The van der Waals surface area contributed by atoms with E-state index in [1.165, 1.54) is 6.08 Å². The van der Waals surface area contributed by atoms with Crippen molar-refractivity contribution in [1.82, 2.24) is 0 Å². The standard InChI is InChI=1S/2C13H22O4/c1-4-13(15)16-8-10-5-6-12(11(14)7-10)17-9(2)3;1-4-13(15)16-8-10-5-6-11(14)12(7-10)17-9(2)3/h2*4,9-12,14H,1,5-8H2,2-3H3. The van der Waals surface area contributed by atoms with Gasteiger partial charge in [-0.15, -0.1) is 0 Å². The second-order valence-corrected chi connectivity index (χ2v) is 9.61. The smallest absolute Gasteiger partial charge is 0.330 e. The Morgan fingerprint density at radius 3 is 1.71 bits per heavy atom. The molecule has 2 rings (SSSR count). The molecular formula is C26H44O8. The molecule has 0 bridgehead atoms. The molecule has 6 unspecified atom stereocenters. The molecule has 0 aromatic carbocycles. The number of hydrogen-bond donors (Lipinski definition) is 2. The largest absolute Gasteiger partial charge is 0.462 e. The van der Waals surface area contributed by atoms with Crippen LogP contribution in [0.2, 0.25) is 0 Å². The lowest BCUT2D eigenvalue weighted by molar-refractivity contribution is -0.142. The molecule has 0 amide bonds. The van der Waals surface area contributed by atoms with Crippen molar-refractivity contribution in [2.75, 3.05) is 13.2 Å². The fourth-order valence-corrected chi connectivity index (χ4v) is 4.22. The maximum absolute atomic E-state index is 11.0. The van der Waals surface area contributed by atoms with E-state index in [4.69, 9.17) is 18.9 Å². The lowest BCUT2D eigenvalue weighted by atomic mass is 9.85. The zero-order valence-corrected chi connectivity index (χ0v) is 21.2. The van der Waals surface area contributed by atoms with Crippen LogP contribution in [-0.2, 0) is 28.5 Å². The first kappa shape index (κ1) is 30.3. The van der Waals surface area contributed by atoms with Gasteiger partial charge in [0.1, 0.15) is 0 Å². The molecule has 6 atom stereocenters. The predicted molar refractivity (Wildman–Crippen MR) is 129 cm³/mol. The first-order valence-electron chi connectivity index (χ1n) is 12.3. The minimum absolute atomic E-state index is 0.0821. The van der Waals surface area contributed by atoms with Crippen molar-refractivity contribution in [3.05, 3.63) is 25.3 Å². The Bertz CT molecular complexity index is 632. The molecular weight excluding hydrogens is 440 g/mol. The molecule has 0 saturated heterocycles. The minimum atomic E-state index is -0.460. The van der Waals surface area contributed by atoms with Crippen LogP contribution in [0.5, 0.6) is 0 Å². The van der Waals surface area contributed by atoms with E-state index >= 15 is 0 Å². The Kier molecular flexibility index (Phi) is 14.3. The number of ether oxygens (including phenoxy) is 4. The second-order valence-electron chi connectivity index (χ2n) is 9.61. The third-order valence-electron chi connectivity index (χ3n) is 5.88. The summed E-state index contributed by atoms with van der Waals surface area (Å²) in [5, 5.41) is 19.7. The van der Waals surface area contributed by atoms with Gasteiger partial charge >= 0.3 is 11.9 Å². The van der Waals surface area contributed by atoms with Crippen LogP contribution in [0.1, 0.15) is 66.2 Å². The Labute approximate surface area is 204 Å². The SMILES string of the molecule is C=CC(=O)OCC1CCC(O)C(OC(C)C)C1.C=CC(=O)OCC1CCC(OC(C)C)C(O)C1. The van der Waals surface area contributed by atoms with Crippen LogP contribution in [0, 0.1) is 11.8 Å². The lowest BCUT2D eigenvalue weighted by Gasteiger charge is -2.33. The van der Waals surface area contributed by atoms with Crippen molar-refractivity contribution in [3.63, 3.8) is 0 Å². The average Bonchev–Trinajstić information content (AvgIpc) is 2.79. The topological polar surface area (TPSA) is 112 Å². The van der Waals surface area contributed by atoms with E-state index in [1.807, 2.05) is 27.7 Å². The molecule has 8 nitrogen and oxygen atoms in total. The van der Waals surface area contributed by atoms with E-state index in [9.17, 15) is 19.8 Å². The van der Waals surface area contributed by atoms with Crippen molar-refractivity contribution >= 4 is 11.9 Å². The number of rotatable bonds is 10. The van der Waals surface area contributed by atoms with Crippen LogP contribution in [0.15, 0.2) is 25.3 Å². The molecule has 2 fully saturated rings. The summed E-state index contributed by atoms with van der Waals surface area (Å²) in [7, 11) is 0. The minimum Gasteiger partial charge on any atom is -0.462 e. The third kappa shape index (κ3) is 12.1. The summed E-state index contributed by atoms with van der Waals surface area (Å²) in [6.07, 6.45) is 6.13. The molecule has 2 aliphatic rings. The maximum atomic E-state index is 11.0. The van der Waals surface area contributed by atoms with Gasteiger partial charge < -0.3 is 29.2 Å². The first-order chi connectivity index (χ1) is 16.0. The van der Waals surface area contributed by atoms with E-state index in [0.717, 1.165) is 31.8 Å². The fraction of sp³-hybridized carbons (Fsp3) is 0.769. The molecule has 196 valence electrons. The van der Waals surface area contributed by atoms with Crippen molar-refractivity contribution in [3.8, 4) is 0 Å². The van der Waals surface area contributed by atoms with Gasteiger partial charge in [-0.1, -0.05) is 13.2 Å². The lowest BCUT2D eigenvalue weighted by Crippen LogP contribution is -2.38. The molecule has 0 aromatic heterocycles. The quantitative estimate of drug-likeness (QED) is 0.359. The van der Waals surface area contributed by atoms with Crippen LogP contribution in [0.25, 0.3) is 0 Å². The number of hydrogen-bond acceptors (Lipinski definition) is 8. The fourth-order valence-electron chi connectivity index (χ4n) is 4.22. The molecule has 8 heteroatoms. The predicted octanol–water partition coefficient (Wildman–Crippen LogP) is 3.34. The summed E-state index contributed by atoms with van der Waals surface area (Å²) < 4.78 is 21.3. The highest BCUT2D eigenvalue weighted by molar-refractivity contribution is 5.81. The maximum Gasteiger partial charge on any atom is 0.330 e. The summed E-state index contributed by atoms with van der Waals surface area (Å²) in [5.74, 6) is -0.301. The summed E-state index contributed by atoms with van der Waals surface area (Å²) in [6, 6.07) is 0. The number of esters is 2. The molecule has 2 aliphatic carbocycles. The Balaban J connectivity index is 0.000000340. The highest BCUT2D eigenvalue weighted by Crippen LogP contribution is 2.28. The van der Waals surface area contributed by atoms with Gasteiger partial charge in [0.25, 0.3) is 0 Å². The van der Waals surface area contributed by atoms with Crippen LogP contribution in [0.3, 0.4) is 0 Å². The summed E-state index contributed by atoms with van der Waals surface area (Å²) in [4.78, 5) is 21.9. The van der Waals surface area contributed by atoms with E-state index in [-0.39, 0.29) is 36.3 Å². The number of carbonyl (C=O) groups is 2. The Morgan fingerprint density at radius 2 is 1.24 bits per heavy atom. The summed E-state index contributed by atoms with van der Waals surface area (Å²) in [6.45, 7) is 15.3. The van der Waals surface area contributed by atoms with E-state index in [0.29, 0.717) is 26.1 Å². The van der Waals surface area contributed by atoms with Gasteiger partial charge in [-0.2, -0.15) is 0 Å². The zero-order valence-electron chi connectivity index (χ0n) is 21.2. The van der Waals surface area contributed by atoms with Gasteiger partial charge in [-0.05, 0) is 78.1 Å². The Hall–Kier alpha value is -1.74. The van der Waals surface area contributed by atoms with Gasteiger partial charge in [0.2, 0.25) is 0 Å². The highest BCUT2D eigenvalue weighted by Gasteiger charge is 2.32. The van der Waals surface area contributed by atoms with Gasteiger partial charge in [-0.3, -0.25) is 0 Å². The van der Waals surface area contributed by atoms with Crippen LogP contribution < -0.4 is 0 Å². The molecule has 2 saturated carbocycles. The average molecular weight is 485 g/mol. The molecule has 34 heavy (non-hydrogen) atoms. The van der Waals surface area contributed by atoms with Crippen molar-refractivity contribution in [2.45, 2.75) is 103 Å². The molecule has 0 aliphatic heterocycles. The van der Waals surface area contributed by atoms with Gasteiger partial charge in [0, 0.05) is 12.2 Å². The molecule has 0 radical (unpaired) electrons. The van der Waals surface area contributed by atoms with E-state index < -0.39 is 24.1 Å². The second kappa shape index (κ2) is 16.0. The number of aliphatic hydroxyl groups excluding tert-OH is 2. The van der Waals surface area contributed by atoms with Gasteiger partial charge in [0.05, 0.1) is 49.8 Å². The van der Waals surface area contributed by atoms with Crippen molar-refractivity contribution in [1.29, 1.82) is 0 Å². The normalized spacial score (nSPS) is 29.1. The van der Waals surface area contributed by atoms with Gasteiger partial charge in [0.15, 0.2) is 0 Å².